The highest BCUT2D eigenvalue weighted by molar-refractivity contribution is 6.46. The minimum absolute atomic E-state index is 0.0653. The maximum absolute atomic E-state index is 13.3. The maximum Gasteiger partial charge on any atom is 0.295 e. The summed E-state index contributed by atoms with van der Waals surface area (Å²) in [4.78, 5) is 30.1. The van der Waals surface area contributed by atoms with Crippen molar-refractivity contribution in [2.24, 2.45) is 0 Å². The number of ketones is 1. The molecule has 1 N–H and O–H groups in total. The fourth-order valence-corrected chi connectivity index (χ4v) is 4.73. The second kappa shape index (κ2) is 10.5. The first-order valence-electron chi connectivity index (χ1n) is 12.3. The van der Waals surface area contributed by atoms with Crippen LogP contribution in [-0.4, -0.2) is 66.5 Å². The number of rotatable bonds is 9. The molecular weight excluding hydrogens is 444 g/mol. The largest absolute Gasteiger partial charge is 0.507 e. The SMILES string of the molecule is CCCOc1cccc([C@H]2/C(=C(\O)c3ccc4c(c3)C[C@@H](C)O4)C(=O)C(=O)N2CCCN(C)C)c1. The number of Topliss-reactive ketones (excluding diaryl/α,β-unsaturated/α-hetero) is 1. The summed E-state index contributed by atoms with van der Waals surface area (Å²) in [5, 5.41) is 11.4. The van der Waals surface area contributed by atoms with Gasteiger partial charge in [0, 0.05) is 18.5 Å². The molecule has 1 fully saturated rings. The monoisotopic (exact) mass is 478 g/mol. The van der Waals surface area contributed by atoms with Crippen molar-refractivity contribution in [2.45, 2.75) is 45.3 Å². The average Bonchev–Trinajstić information content (AvgIpc) is 3.33. The molecule has 35 heavy (non-hydrogen) atoms. The van der Waals surface area contributed by atoms with Crippen molar-refractivity contribution in [3.8, 4) is 11.5 Å². The third-order valence-corrected chi connectivity index (χ3v) is 6.36. The van der Waals surface area contributed by atoms with E-state index in [1.54, 1.807) is 11.0 Å². The van der Waals surface area contributed by atoms with Gasteiger partial charge in [0.1, 0.15) is 23.4 Å². The predicted octanol–water partition coefficient (Wildman–Crippen LogP) is 4.17. The molecule has 0 spiro atoms. The van der Waals surface area contributed by atoms with Crippen molar-refractivity contribution in [3.05, 3.63) is 64.7 Å². The molecule has 2 aliphatic heterocycles. The number of hydrogen-bond donors (Lipinski definition) is 1. The predicted molar refractivity (Wildman–Crippen MR) is 135 cm³/mol. The zero-order chi connectivity index (χ0) is 25.1. The van der Waals surface area contributed by atoms with Crippen LogP contribution in [0.15, 0.2) is 48.0 Å². The Labute approximate surface area is 206 Å². The van der Waals surface area contributed by atoms with E-state index in [1.807, 2.05) is 69.2 Å². The Morgan fingerprint density at radius 3 is 2.74 bits per heavy atom. The number of benzene rings is 2. The molecule has 2 aromatic carbocycles. The molecule has 0 aliphatic carbocycles. The Balaban J connectivity index is 1.77. The summed E-state index contributed by atoms with van der Waals surface area (Å²) in [7, 11) is 3.94. The number of hydrogen-bond acceptors (Lipinski definition) is 6. The molecule has 0 aromatic heterocycles. The first kappa shape index (κ1) is 24.8. The zero-order valence-corrected chi connectivity index (χ0v) is 20.9. The third kappa shape index (κ3) is 5.20. The molecular formula is C28H34N2O5. The van der Waals surface area contributed by atoms with Crippen LogP contribution in [0.4, 0.5) is 0 Å². The second-order valence-corrected chi connectivity index (χ2v) is 9.53. The van der Waals surface area contributed by atoms with Crippen LogP contribution in [0.25, 0.3) is 5.76 Å². The quantitative estimate of drug-likeness (QED) is 0.331. The number of likely N-dealkylation sites (tertiary alicyclic amines) is 1. The van der Waals surface area contributed by atoms with E-state index in [2.05, 4.69) is 0 Å². The van der Waals surface area contributed by atoms with E-state index in [0.29, 0.717) is 30.9 Å². The fraction of sp³-hybridized carbons (Fsp3) is 0.429. The van der Waals surface area contributed by atoms with E-state index in [9.17, 15) is 14.7 Å². The summed E-state index contributed by atoms with van der Waals surface area (Å²) >= 11 is 0. The highest BCUT2D eigenvalue weighted by Crippen LogP contribution is 2.41. The fourth-order valence-electron chi connectivity index (χ4n) is 4.73. The normalized spacial score (nSPS) is 20.9. The smallest absolute Gasteiger partial charge is 0.295 e. The van der Waals surface area contributed by atoms with Gasteiger partial charge in [-0.05, 0) is 81.9 Å². The van der Waals surface area contributed by atoms with E-state index in [4.69, 9.17) is 9.47 Å². The van der Waals surface area contributed by atoms with E-state index >= 15 is 0 Å². The lowest BCUT2D eigenvalue weighted by Crippen LogP contribution is -2.32. The molecule has 2 aliphatic rings. The summed E-state index contributed by atoms with van der Waals surface area (Å²) in [5.41, 5.74) is 2.34. The third-order valence-electron chi connectivity index (χ3n) is 6.36. The number of aliphatic hydroxyl groups is 1. The number of ether oxygens (including phenoxy) is 2. The molecule has 0 saturated carbocycles. The molecule has 1 amide bonds. The molecule has 0 radical (unpaired) electrons. The van der Waals surface area contributed by atoms with Crippen LogP contribution in [0, 0.1) is 0 Å². The standard InChI is InChI=1S/C28H34N2O5/c1-5-14-34-22-9-6-8-19(17-22)25-24(27(32)28(33)30(25)13-7-12-29(3)4)26(31)20-10-11-23-21(16-20)15-18(2)35-23/h6,8-11,16-18,25,31H,5,7,12-15H2,1-4H3/b26-24+/t18-,25+/m1/s1. The highest BCUT2D eigenvalue weighted by Gasteiger charge is 2.46. The van der Waals surface area contributed by atoms with Crippen molar-refractivity contribution < 1.29 is 24.2 Å². The number of carbonyl (C=O) groups excluding carboxylic acids is 2. The summed E-state index contributed by atoms with van der Waals surface area (Å²) < 4.78 is 11.6. The molecule has 2 atom stereocenters. The molecule has 4 rings (SSSR count). The summed E-state index contributed by atoms with van der Waals surface area (Å²) in [6, 6.07) is 12.2. The Kier molecular flexibility index (Phi) is 7.45. The van der Waals surface area contributed by atoms with Gasteiger partial charge >= 0.3 is 0 Å². The second-order valence-electron chi connectivity index (χ2n) is 9.53. The number of aliphatic hydroxyl groups excluding tert-OH is 1. The van der Waals surface area contributed by atoms with Gasteiger partial charge in [-0.15, -0.1) is 0 Å². The number of carbonyl (C=O) groups is 2. The van der Waals surface area contributed by atoms with Crippen LogP contribution in [0.1, 0.15) is 49.4 Å². The van der Waals surface area contributed by atoms with Crippen LogP contribution >= 0.6 is 0 Å². The van der Waals surface area contributed by atoms with Crippen molar-refractivity contribution in [2.75, 3.05) is 33.8 Å². The molecule has 0 unspecified atom stereocenters. The van der Waals surface area contributed by atoms with Crippen LogP contribution in [0.5, 0.6) is 11.5 Å². The van der Waals surface area contributed by atoms with Crippen molar-refractivity contribution in [1.29, 1.82) is 0 Å². The van der Waals surface area contributed by atoms with E-state index < -0.39 is 17.7 Å². The molecule has 186 valence electrons. The zero-order valence-electron chi connectivity index (χ0n) is 20.9. The van der Waals surface area contributed by atoms with Crippen molar-refractivity contribution in [1.82, 2.24) is 9.80 Å². The van der Waals surface area contributed by atoms with Gasteiger partial charge in [0.15, 0.2) is 0 Å². The lowest BCUT2D eigenvalue weighted by Gasteiger charge is -2.26. The summed E-state index contributed by atoms with van der Waals surface area (Å²) in [5.74, 6) is 0.0451. The Morgan fingerprint density at radius 1 is 1.20 bits per heavy atom. The Morgan fingerprint density at radius 2 is 2.00 bits per heavy atom. The number of amides is 1. The van der Waals surface area contributed by atoms with Gasteiger partial charge in [0.2, 0.25) is 0 Å². The molecule has 2 aromatic rings. The van der Waals surface area contributed by atoms with Gasteiger partial charge < -0.3 is 24.4 Å². The molecule has 7 heteroatoms. The van der Waals surface area contributed by atoms with Gasteiger partial charge in [-0.1, -0.05) is 19.1 Å². The van der Waals surface area contributed by atoms with Gasteiger partial charge in [-0.2, -0.15) is 0 Å². The lowest BCUT2D eigenvalue weighted by atomic mass is 9.94. The number of nitrogens with zero attached hydrogens (tertiary/aromatic N) is 2. The van der Waals surface area contributed by atoms with Gasteiger partial charge in [0.25, 0.3) is 11.7 Å². The van der Waals surface area contributed by atoms with E-state index in [0.717, 1.165) is 36.3 Å². The van der Waals surface area contributed by atoms with Crippen molar-refractivity contribution in [3.63, 3.8) is 0 Å². The van der Waals surface area contributed by atoms with Gasteiger partial charge in [-0.3, -0.25) is 9.59 Å². The van der Waals surface area contributed by atoms with Crippen LogP contribution in [0.2, 0.25) is 0 Å². The van der Waals surface area contributed by atoms with Crippen LogP contribution < -0.4 is 9.47 Å². The minimum Gasteiger partial charge on any atom is -0.507 e. The topological polar surface area (TPSA) is 79.3 Å². The van der Waals surface area contributed by atoms with Gasteiger partial charge in [-0.25, -0.2) is 0 Å². The highest BCUT2D eigenvalue weighted by atomic mass is 16.5. The minimum atomic E-state index is -0.689. The van der Waals surface area contributed by atoms with Crippen molar-refractivity contribution >= 4 is 17.4 Å². The molecule has 1 saturated heterocycles. The lowest BCUT2D eigenvalue weighted by molar-refractivity contribution is -0.139. The molecule has 7 nitrogen and oxygen atoms in total. The summed E-state index contributed by atoms with van der Waals surface area (Å²) in [6.45, 7) is 5.78. The summed E-state index contributed by atoms with van der Waals surface area (Å²) in [6.07, 6.45) is 2.37. The van der Waals surface area contributed by atoms with E-state index in [1.165, 1.54) is 0 Å². The Bertz CT molecular complexity index is 1140. The molecule has 2 heterocycles. The maximum atomic E-state index is 13.3. The molecule has 0 bridgehead atoms. The first-order valence-corrected chi connectivity index (χ1v) is 12.3. The Hall–Kier alpha value is -3.32. The average molecular weight is 479 g/mol. The van der Waals surface area contributed by atoms with Gasteiger partial charge in [0.05, 0.1) is 18.2 Å². The van der Waals surface area contributed by atoms with E-state index in [-0.39, 0.29) is 17.4 Å². The first-order chi connectivity index (χ1) is 16.8. The van der Waals surface area contributed by atoms with Crippen LogP contribution in [0.3, 0.4) is 0 Å². The van der Waals surface area contributed by atoms with Crippen LogP contribution in [-0.2, 0) is 16.0 Å². The number of fused-ring (bicyclic) bond motifs is 1.